The zero-order chi connectivity index (χ0) is 13.5. The average molecular weight is 255 g/mol. The van der Waals surface area contributed by atoms with Crippen LogP contribution in [0.1, 0.15) is 5.56 Å². The molecule has 0 aliphatic rings. The molecule has 0 bridgehead atoms. The number of carbonyl (C=O) groups is 1. The molecule has 0 fully saturated rings. The fraction of sp³-hybridized carbons (Fsp3) is 0.400. The first-order valence-corrected chi connectivity index (χ1v) is 5.15. The zero-order valence-corrected chi connectivity index (χ0v) is 9.75. The molecule has 8 heteroatoms. The molecule has 0 spiro atoms. The van der Waals surface area contributed by atoms with Gasteiger partial charge < -0.3 is 15.2 Å². The normalized spacial score (nSPS) is 10.1. The van der Waals surface area contributed by atoms with Crippen LogP contribution in [0.3, 0.4) is 0 Å². The number of nitro groups is 1. The number of aliphatic carboxylic acids is 1. The fourth-order valence-electron chi connectivity index (χ4n) is 1.23. The maximum absolute atomic E-state index is 10.8. The van der Waals surface area contributed by atoms with Crippen molar-refractivity contribution in [3.8, 4) is 0 Å². The molecule has 0 atom stereocenters. The van der Waals surface area contributed by atoms with Gasteiger partial charge in [0.15, 0.2) is 0 Å². The molecule has 1 aromatic rings. The molecule has 2 N–H and O–H groups in total. The Balaban J connectivity index is 2.51. The van der Waals surface area contributed by atoms with Crippen molar-refractivity contribution in [2.45, 2.75) is 6.92 Å². The van der Waals surface area contributed by atoms with Crippen molar-refractivity contribution >= 4 is 17.5 Å². The summed E-state index contributed by atoms with van der Waals surface area (Å²) in [5.74, 6) is -0.918. The van der Waals surface area contributed by atoms with Gasteiger partial charge in [0.05, 0.1) is 11.5 Å². The molecule has 1 heterocycles. The van der Waals surface area contributed by atoms with Gasteiger partial charge >= 0.3 is 11.7 Å². The Hall–Kier alpha value is -2.22. The summed E-state index contributed by atoms with van der Waals surface area (Å²) < 4.78 is 4.78. The summed E-state index contributed by atoms with van der Waals surface area (Å²) >= 11 is 0. The maximum Gasteiger partial charge on any atom is 0.329 e. The van der Waals surface area contributed by atoms with E-state index in [-0.39, 0.29) is 24.7 Å². The van der Waals surface area contributed by atoms with Crippen LogP contribution in [0.5, 0.6) is 0 Å². The second kappa shape index (κ2) is 6.50. The van der Waals surface area contributed by atoms with Gasteiger partial charge in [-0.05, 0) is 12.5 Å². The molecule has 0 radical (unpaired) electrons. The van der Waals surface area contributed by atoms with E-state index in [1.54, 1.807) is 6.92 Å². The minimum absolute atomic E-state index is 0.117. The third-order valence-corrected chi connectivity index (χ3v) is 1.97. The number of anilines is 1. The van der Waals surface area contributed by atoms with Gasteiger partial charge in [0.1, 0.15) is 6.61 Å². The highest BCUT2D eigenvalue weighted by atomic mass is 16.6. The molecule has 1 aromatic heterocycles. The van der Waals surface area contributed by atoms with Crippen molar-refractivity contribution < 1.29 is 19.6 Å². The average Bonchev–Trinajstić information content (AvgIpc) is 2.29. The molecule has 98 valence electrons. The number of rotatable bonds is 7. The van der Waals surface area contributed by atoms with Crippen LogP contribution in [0, 0.1) is 17.0 Å². The number of nitrogens with zero attached hydrogens (tertiary/aromatic N) is 2. The molecular weight excluding hydrogens is 242 g/mol. The van der Waals surface area contributed by atoms with Crippen molar-refractivity contribution in [3.05, 3.63) is 27.9 Å². The second-order valence-corrected chi connectivity index (χ2v) is 3.51. The Morgan fingerprint density at radius 2 is 2.39 bits per heavy atom. The minimum atomic E-state index is -1.06. The Labute approximate surface area is 103 Å². The topological polar surface area (TPSA) is 115 Å². The number of hydrogen-bond donors (Lipinski definition) is 2. The van der Waals surface area contributed by atoms with Gasteiger partial charge in [-0.2, -0.15) is 0 Å². The lowest BCUT2D eigenvalue weighted by Gasteiger charge is -2.06. The number of carboxylic acids is 1. The molecule has 8 nitrogen and oxygen atoms in total. The van der Waals surface area contributed by atoms with Crippen LogP contribution < -0.4 is 5.32 Å². The van der Waals surface area contributed by atoms with Crippen LogP contribution in [0.4, 0.5) is 11.5 Å². The zero-order valence-electron chi connectivity index (χ0n) is 9.75. The van der Waals surface area contributed by atoms with E-state index < -0.39 is 17.5 Å². The molecule has 0 aliphatic carbocycles. The van der Waals surface area contributed by atoms with Gasteiger partial charge in [-0.3, -0.25) is 10.1 Å². The minimum Gasteiger partial charge on any atom is -0.480 e. The van der Waals surface area contributed by atoms with Crippen LogP contribution in [-0.2, 0) is 9.53 Å². The predicted molar refractivity (Wildman–Crippen MR) is 62.6 cm³/mol. The van der Waals surface area contributed by atoms with Crippen molar-refractivity contribution in [2.24, 2.45) is 0 Å². The van der Waals surface area contributed by atoms with Crippen LogP contribution >= 0.6 is 0 Å². The summed E-state index contributed by atoms with van der Waals surface area (Å²) in [4.78, 5) is 24.3. The van der Waals surface area contributed by atoms with Gasteiger partial charge in [-0.25, -0.2) is 9.78 Å². The monoisotopic (exact) mass is 255 g/mol. The predicted octanol–water partition coefficient (Wildman–Crippen LogP) is 0.811. The number of aromatic nitrogens is 1. The number of aryl methyl sites for hydroxylation is 1. The molecule has 1 rings (SSSR count). The van der Waals surface area contributed by atoms with Crippen molar-refractivity contribution in [3.63, 3.8) is 0 Å². The molecule has 0 saturated heterocycles. The number of hydrogen-bond acceptors (Lipinski definition) is 6. The van der Waals surface area contributed by atoms with Gasteiger partial charge in [-0.1, -0.05) is 0 Å². The van der Waals surface area contributed by atoms with Crippen LogP contribution in [0.2, 0.25) is 0 Å². The van der Waals surface area contributed by atoms with Crippen LogP contribution in [0.25, 0.3) is 0 Å². The summed E-state index contributed by atoms with van der Waals surface area (Å²) in [7, 11) is 0. The van der Waals surface area contributed by atoms with E-state index in [1.807, 2.05) is 0 Å². The van der Waals surface area contributed by atoms with Gasteiger partial charge in [0.2, 0.25) is 5.82 Å². The number of pyridine rings is 1. The van der Waals surface area contributed by atoms with E-state index in [4.69, 9.17) is 9.84 Å². The standard InChI is InChI=1S/C10H13N3O5/c1-7-4-8(13(16)17)10(12-5-7)11-2-3-18-6-9(14)15/h4-5H,2-3,6H2,1H3,(H,11,12)(H,14,15). The van der Waals surface area contributed by atoms with E-state index in [0.29, 0.717) is 5.56 Å². The van der Waals surface area contributed by atoms with Crippen molar-refractivity contribution in [1.29, 1.82) is 0 Å². The summed E-state index contributed by atoms with van der Waals surface area (Å²) in [5.41, 5.74) is 0.572. The molecule has 0 saturated carbocycles. The molecule has 0 aliphatic heterocycles. The lowest BCUT2D eigenvalue weighted by atomic mass is 10.3. The third kappa shape index (κ3) is 4.34. The van der Waals surface area contributed by atoms with E-state index in [0.717, 1.165) is 0 Å². The van der Waals surface area contributed by atoms with E-state index in [1.165, 1.54) is 12.3 Å². The number of ether oxygens (including phenoxy) is 1. The highest BCUT2D eigenvalue weighted by Gasteiger charge is 2.14. The Morgan fingerprint density at radius 1 is 1.67 bits per heavy atom. The van der Waals surface area contributed by atoms with Crippen LogP contribution in [-0.4, -0.2) is 40.7 Å². The van der Waals surface area contributed by atoms with E-state index in [2.05, 4.69) is 10.3 Å². The fourth-order valence-corrected chi connectivity index (χ4v) is 1.23. The van der Waals surface area contributed by atoms with Crippen molar-refractivity contribution in [1.82, 2.24) is 4.98 Å². The Kier molecular flexibility index (Phi) is 5.00. The first kappa shape index (κ1) is 13.8. The molecule has 18 heavy (non-hydrogen) atoms. The summed E-state index contributed by atoms with van der Waals surface area (Å²) in [6.07, 6.45) is 1.51. The first-order valence-electron chi connectivity index (χ1n) is 5.15. The lowest BCUT2D eigenvalue weighted by molar-refractivity contribution is -0.384. The quantitative estimate of drug-likeness (QED) is 0.421. The number of nitrogens with one attached hydrogen (secondary N) is 1. The second-order valence-electron chi connectivity index (χ2n) is 3.51. The number of carboxylic acid groups (broad SMARTS) is 1. The summed E-state index contributed by atoms with van der Waals surface area (Å²) in [6.45, 7) is 1.67. The molecule has 0 amide bonds. The summed E-state index contributed by atoms with van der Waals surface area (Å²) in [6, 6.07) is 1.41. The van der Waals surface area contributed by atoms with E-state index >= 15 is 0 Å². The van der Waals surface area contributed by atoms with Crippen LogP contribution in [0.15, 0.2) is 12.3 Å². The van der Waals surface area contributed by atoms with Crippen molar-refractivity contribution in [2.75, 3.05) is 25.1 Å². The highest BCUT2D eigenvalue weighted by molar-refractivity contribution is 5.68. The molecule has 0 aromatic carbocycles. The highest BCUT2D eigenvalue weighted by Crippen LogP contribution is 2.21. The van der Waals surface area contributed by atoms with Gasteiger partial charge in [-0.15, -0.1) is 0 Å². The van der Waals surface area contributed by atoms with E-state index in [9.17, 15) is 14.9 Å². The SMILES string of the molecule is Cc1cnc(NCCOCC(=O)O)c([N+](=O)[O-])c1. The lowest BCUT2D eigenvalue weighted by Crippen LogP contribution is -2.15. The summed E-state index contributed by atoms with van der Waals surface area (Å²) in [5, 5.41) is 21.8. The smallest absolute Gasteiger partial charge is 0.329 e. The molecular formula is C10H13N3O5. The Morgan fingerprint density at radius 3 is 3.00 bits per heavy atom. The Bertz CT molecular complexity index is 449. The first-order chi connectivity index (χ1) is 8.50. The maximum atomic E-state index is 10.8. The molecule has 0 unspecified atom stereocenters. The van der Waals surface area contributed by atoms with Gasteiger partial charge in [0.25, 0.3) is 0 Å². The largest absolute Gasteiger partial charge is 0.480 e. The van der Waals surface area contributed by atoms with Gasteiger partial charge in [0, 0.05) is 18.8 Å². The third-order valence-electron chi connectivity index (χ3n) is 1.97.